The summed E-state index contributed by atoms with van der Waals surface area (Å²) in [5.74, 6) is 0. The summed E-state index contributed by atoms with van der Waals surface area (Å²) < 4.78 is 0. The number of rotatable bonds is 4. The van der Waals surface area contributed by atoms with Gasteiger partial charge < -0.3 is 5.32 Å². The van der Waals surface area contributed by atoms with E-state index < -0.39 is 0 Å². The number of hydrogen-bond acceptors (Lipinski definition) is 3. The topological polar surface area (TPSA) is 37.8 Å². The van der Waals surface area contributed by atoms with Gasteiger partial charge in [0.2, 0.25) is 0 Å². The zero-order chi connectivity index (χ0) is 12.1. The highest BCUT2D eigenvalue weighted by Gasteiger charge is 2.10. The summed E-state index contributed by atoms with van der Waals surface area (Å²) in [6, 6.07) is 8.48. The van der Waals surface area contributed by atoms with Crippen molar-refractivity contribution in [2.75, 3.05) is 7.05 Å². The van der Waals surface area contributed by atoms with Gasteiger partial charge in [-0.15, -0.1) is 0 Å². The Morgan fingerprint density at radius 2 is 2.12 bits per heavy atom. The highest BCUT2D eigenvalue weighted by atomic mass is 14.9. The van der Waals surface area contributed by atoms with E-state index in [0.29, 0.717) is 0 Å². The molecule has 0 radical (unpaired) electrons. The second-order valence-electron chi connectivity index (χ2n) is 4.16. The van der Waals surface area contributed by atoms with Crippen LogP contribution in [-0.2, 0) is 6.42 Å². The van der Waals surface area contributed by atoms with Crippen LogP contribution in [0.4, 0.5) is 0 Å². The fraction of sp³-hybridized carbons (Fsp3) is 0.286. The normalized spacial score (nSPS) is 12.4. The van der Waals surface area contributed by atoms with Crippen LogP contribution >= 0.6 is 0 Å². The van der Waals surface area contributed by atoms with Crippen molar-refractivity contribution >= 4 is 0 Å². The maximum absolute atomic E-state index is 4.43. The second kappa shape index (κ2) is 5.55. The summed E-state index contributed by atoms with van der Waals surface area (Å²) in [5.41, 5.74) is 3.48. The minimum atomic E-state index is 0.263. The van der Waals surface area contributed by atoms with E-state index in [1.807, 2.05) is 32.4 Å². The van der Waals surface area contributed by atoms with Crippen LogP contribution in [0.15, 0.2) is 42.9 Å². The first-order valence-electron chi connectivity index (χ1n) is 5.78. The van der Waals surface area contributed by atoms with Crippen molar-refractivity contribution in [3.63, 3.8) is 0 Å². The Kier molecular flexibility index (Phi) is 3.83. The van der Waals surface area contributed by atoms with Crippen LogP contribution in [0.5, 0.6) is 0 Å². The maximum Gasteiger partial charge on any atom is 0.0422 e. The Balaban J connectivity index is 2.13. The molecule has 2 aromatic heterocycles. The van der Waals surface area contributed by atoms with Gasteiger partial charge >= 0.3 is 0 Å². The molecule has 0 saturated heterocycles. The Morgan fingerprint density at radius 1 is 1.24 bits per heavy atom. The maximum atomic E-state index is 4.43. The van der Waals surface area contributed by atoms with Crippen molar-refractivity contribution in [2.45, 2.75) is 19.4 Å². The van der Waals surface area contributed by atoms with Crippen molar-refractivity contribution in [1.82, 2.24) is 15.3 Å². The minimum absolute atomic E-state index is 0.263. The first-order valence-corrected chi connectivity index (χ1v) is 5.78. The molecule has 0 bridgehead atoms. The molecule has 2 aromatic rings. The minimum Gasteiger partial charge on any atom is -0.313 e. The fourth-order valence-electron chi connectivity index (χ4n) is 1.80. The van der Waals surface area contributed by atoms with Crippen molar-refractivity contribution in [1.29, 1.82) is 0 Å². The zero-order valence-electron chi connectivity index (χ0n) is 10.2. The second-order valence-corrected chi connectivity index (χ2v) is 4.16. The van der Waals surface area contributed by atoms with Crippen LogP contribution < -0.4 is 5.32 Å². The Bertz CT molecular complexity index is 451. The number of nitrogens with one attached hydrogen (secondary N) is 1. The first kappa shape index (κ1) is 11.7. The summed E-state index contributed by atoms with van der Waals surface area (Å²) in [5, 5.41) is 3.30. The number of aryl methyl sites for hydroxylation is 1. The molecule has 0 aliphatic carbocycles. The first-order chi connectivity index (χ1) is 8.29. The molecular formula is C14H17N3. The van der Waals surface area contributed by atoms with E-state index in [1.54, 1.807) is 6.20 Å². The largest absolute Gasteiger partial charge is 0.313 e. The summed E-state index contributed by atoms with van der Waals surface area (Å²) >= 11 is 0. The number of aromatic nitrogens is 2. The third-order valence-corrected chi connectivity index (χ3v) is 2.82. The standard InChI is InChI=1S/C14H17N3/c1-11-5-6-13(17-9-11)8-14(15-2)12-4-3-7-16-10-12/h3-7,9-10,14-15H,8H2,1-2H3. The van der Waals surface area contributed by atoms with Crippen LogP contribution in [-0.4, -0.2) is 17.0 Å². The molecule has 0 aromatic carbocycles. The molecule has 1 atom stereocenters. The van der Waals surface area contributed by atoms with Crippen molar-refractivity contribution in [3.05, 3.63) is 59.7 Å². The van der Waals surface area contributed by atoms with Crippen LogP contribution in [0.25, 0.3) is 0 Å². The molecule has 0 aliphatic heterocycles. The van der Waals surface area contributed by atoms with E-state index in [2.05, 4.69) is 33.5 Å². The lowest BCUT2D eigenvalue weighted by atomic mass is 10.0. The van der Waals surface area contributed by atoms with Gasteiger partial charge in [0.05, 0.1) is 0 Å². The number of pyridine rings is 2. The molecular weight excluding hydrogens is 210 g/mol. The van der Waals surface area contributed by atoms with Gasteiger partial charge in [0, 0.05) is 36.7 Å². The van der Waals surface area contributed by atoms with E-state index in [0.717, 1.165) is 12.1 Å². The van der Waals surface area contributed by atoms with Gasteiger partial charge in [0.1, 0.15) is 0 Å². The molecule has 0 spiro atoms. The lowest BCUT2D eigenvalue weighted by molar-refractivity contribution is 0.582. The molecule has 88 valence electrons. The molecule has 2 heterocycles. The average molecular weight is 227 g/mol. The van der Waals surface area contributed by atoms with Gasteiger partial charge in [-0.2, -0.15) is 0 Å². The average Bonchev–Trinajstić information content (AvgIpc) is 2.39. The SMILES string of the molecule is CNC(Cc1ccc(C)cn1)c1cccnc1. The van der Waals surface area contributed by atoms with Crippen LogP contribution in [0.3, 0.4) is 0 Å². The predicted molar refractivity (Wildman–Crippen MR) is 68.7 cm³/mol. The number of likely N-dealkylation sites (N-methyl/N-ethyl adjacent to an activating group) is 1. The summed E-state index contributed by atoms with van der Waals surface area (Å²) in [6.07, 6.45) is 6.48. The van der Waals surface area contributed by atoms with Gasteiger partial charge in [-0.05, 0) is 37.2 Å². The van der Waals surface area contributed by atoms with Crippen LogP contribution in [0.2, 0.25) is 0 Å². The Labute approximate surface area is 102 Å². The smallest absolute Gasteiger partial charge is 0.0422 e. The van der Waals surface area contributed by atoms with Crippen molar-refractivity contribution < 1.29 is 0 Å². The molecule has 17 heavy (non-hydrogen) atoms. The molecule has 0 amide bonds. The molecule has 3 heteroatoms. The van der Waals surface area contributed by atoms with E-state index in [9.17, 15) is 0 Å². The molecule has 0 aliphatic rings. The molecule has 2 rings (SSSR count). The molecule has 3 nitrogen and oxygen atoms in total. The predicted octanol–water partition coefficient (Wildman–Crippen LogP) is 2.29. The van der Waals surface area contributed by atoms with Crippen molar-refractivity contribution in [3.8, 4) is 0 Å². The van der Waals surface area contributed by atoms with E-state index >= 15 is 0 Å². The molecule has 1 N–H and O–H groups in total. The molecule has 0 fully saturated rings. The van der Waals surface area contributed by atoms with Gasteiger partial charge in [0.25, 0.3) is 0 Å². The van der Waals surface area contributed by atoms with Crippen LogP contribution in [0, 0.1) is 6.92 Å². The Morgan fingerprint density at radius 3 is 2.71 bits per heavy atom. The quantitative estimate of drug-likeness (QED) is 0.870. The third-order valence-electron chi connectivity index (χ3n) is 2.82. The lowest BCUT2D eigenvalue weighted by Crippen LogP contribution is -2.19. The lowest BCUT2D eigenvalue weighted by Gasteiger charge is -2.15. The van der Waals surface area contributed by atoms with Gasteiger partial charge in [-0.3, -0.25) is 9.97 Å². The van der Waals surface area contributed by atoms with E-state index in [4.69, 9.17) is 0 Å². The summed E-state index contributed by atoms with van der Waals surface area (Å²) in [6.45, 7) is 2.05. The fourth-order valence-corrected chi connectivity index (χ4v) is 1.80. The summed E-state index contributed by atoms with van der Waals surface area (Å²) in [4.78, 5) is 8.58. The van der Waals surface area contributed by atoms with E-state index in [1.165, 1.54) is 11.1 Å². The van der Waals surface area contributed by atoms with Gasteiger partial charge in [-0.1, -0.05) is 12.1 Å². The zero-order valence-corrected chi connectivity index (χ0v) is 10.2. The number of nitrogens with zero attached hydrogens (tertiary/aromatic N) is 2. The highest BCUT2D eigenvalue weighted by molar-refractivity contribution is 5.19. The molecule has 0 saturated carbocycles. The molecule has 1 unspecified atom stereocenters. The third kappa shape index (κ3) is 3.11. The van der Waals surface area contributed by atoms with Crippen LogP contribution in [0.1, 0.15) is 22.9 Å². The summed E-state index contributed by atoms with van der Waals surface area (Å²) in [7, 11) is 1.96. The Hall–Kier alpha value is -1.74. The monoisotopic (exact) mass is 227 g/mol. The van der Waals surface area contributed by atoms with Crippen molar-refractivity contribution in [2.24, 2.45) is 0 Å². The van der Waals surface area contributed by atoms with Gasteiger partial charge in [-0.25, -0.2) is 0 Å². The highest BCUT2D eigenvalue weighted by Crippen LogP contribution is 2.15. The number of hydrogen-bond donors (Lipinski definition) is 1. The van der Waals surface area contributed by atoms with E-state index in [-0.39, 0.29) is 6.04 Å². The van der Waals surface area contributed by atoms with Gasteiger partial charge in [0.15, 0.2) is 0 Å².